The Bertz CT molecular complexity index is 2930. The molecule has 0 aliphatic rings. The zero-order chi connectivity index (χ0) is 37.3. The van der Waals surface area contributed by atoms with Crippen molar-refractivity contribution in [3.63, 3.8) is 0 Å². The average Bonchev–Trinajstić information content (AvgIpc) is 3.63. The van der Waals surface area contributed by atoms with Crippen molar-refractivity contribution in [3.8, 4) is 50.2 Å². The summed E-state index contributed by atoms with van der Waals surface area (Å²) in [4.78, 5) is 2.42. The van der Waals surface area contributed by atoms with Crippen molar-refractivity contribution in [3.05, 3.63) is 231 Å². The molecule has 0 N–H and O–H groups in total. The van der Waals surface area contributed by atoms with E-state index in [9.17, 15) is 0 Å². The molecule has 10 rings (SSSR count). The van der Waals surface area contributed by atoms with Gasteiger partial charge in [-0.3, -0.25) is 0 Å². The third-order valence-electron chi connectivity index (χ3n) is 10.8. The van der Waals surface area contributed by atoms with Crippen LogP contribution in [0.25, 0.3) is 72.0 Å². The first kappa shape index (κ1) is 33.2. The molecule has 0 radical (unpaired) electrons. The molecule has 0 saturated carbocycles. The number of para-hydroxylation sites is 3. The molecule has 1 aromatic heterocycles. The summed E-state index contributed by atoms with van der Waals surface area (Å²) >= 11 is 0. The minimum Gasteiger partial charge on any atom is -0.310 e. The predicted molar refractivity (Wildman–Crippen MR) is 237 cm³/mol. The van der Waals surface area contributed by atoms with Crippen LogP contribution < -0.4 is 4.90 Å². The van der Waals surface area contributed by atoms with Crippen molar-refractivity contribution in [1.29, 1.82) is 0 Å². The Labute approximate surface area is 327 Å². The lowest BCUT2D eigenvalue weighted by atomic mass is 9.96. The topological polar surface area (TPSA) is 8.17 Å². The summed E-state index contributed by atoms with van der Waals surface area (Å²) in [6.45, 7) is 0. The van der Waals surface area contributed by atoms with Crippen LogP contribution in [-0.4, -0.2) is 4.57 Å². The lowest BCUT2D eigenvalue weighted by Crippen LogP contribution is -2.11. The van der Waals surface area contributed by atoms with Crippen LogP contribution in [0.3, 0.4) is 0 Å². The maximum absolute atomic E-state index is 2.42. The summed E-state index contributed by atoms with van der Waals surface area (Å²) in [5, 5.41) is 2.48. The Kier molecular flexibility index (Phi) is 8.55. The highest BCUT2D eigenvalue weighted by atomic mass is 15.1. The molecule has 2 heteroatoms. The fourth-order valence-electron chi connectivity index (χ4n) is 8.17. The summed E-state index contributed by atoms with van der Waals surface area (Å²) in [6.07, 6.45) is 0. The van der Waals surface area contributed by atoms with Crippen LogP contribution in [0, 0.1) is 0 Å². The van der Waals surface area contributed by atoms with E-state index in [0.29, 0.717) is 0 Å². The number of hydrogen-bond acceptors (Lipinski definition) is 1. The van der Waals surface area contributed by atoms with E-state index in [2.05, 4.69) is 240 Å². The van der Waals surface area contributed by atoms with Crippen molar-refractivity contribution >= 4 is 38.9 Å². The second-order valence-corrected chi connectivity index (χ2v) is 14.1. The van der Waals surface area contributed by atoms with Crippen molar-refractivity contribution in [2.24, 2.45) is 0 Å². The van der Waals surface area contributed by atoms with Gasteiger partial charge in [-0.2, -0.15) is 0 Å². The molecular weight excluding hydrogens is 677 g/mol. The van der Waals surface area contributed by atoms with E-state index < -0.39 is 0 Å². The van der Waals surface area contributed by atoms with Gasteiger partial charge >= 0.3 is 0 Å². The Morgan fingerprint density at radius 2 is 0.786 bits per heavy atom. The quantitative estimate of drug-likeness (QED) is 0.152. The Balaban J connectivity index is 1.14. The number of benzene rings is 9. The highest BCUT2D eigenvalue weighted by Gasteiger charge is 2.21. The van der Waals surface area contributed by atoms with E-state index in [1.807, 2.05) is 0 Å². The van der Waals surface area contributed by atoms with Crippen LogP contribution in [0.5, 0.6) is 0 Å². The van der Waals surface area contributed by atoms with Gasteiger partial charge in [0.25, 0.3) is 0 Å². The first-order valence-corrected chi connectivity index (χ1v) is 19.2. The molecular formula is C54H38N2. The van der Waals surface area contributed by atoms with Gasteiger partial charge in [-0.1, -0.05) is 176 Å². The van der Waals surface area contributed by atoms with Crippen molar-refractivity contribution in [2.45, 2.75) is 0 Å². The molecule has 0 atom stereocenters. The van der Waals surface area contributed by atoms with E-state index >= 15 is 0 Å². The lowest BCUT2D eigenvalue weighted by molar-refractivity contribution is 1.18. The minimum absolute atomic E-state index is 1.09. The predicted octanol–water partition coefficient (Wildman–Crippen LogP) is 14.9. The fourth-order valence-corrected chi connectivity index (χ4v) is 8.17. The minimum atomic E-state index is 1.09. The summed E-state index contributed by atoms with van der Waals surface area (Å²) in [5.41, 5.74) is 16.4. The summed E-state index contributed by atoms with van der Waals surface area (Å²) in [7, 11) is 0. The lowest BCUT2D eigenvalue weighted by Gasteiger charge is -2.28. The smallest absolute Gasteiger partial charge is 0.0547 e. The molecule has 9 aromatic carbocycles. The van der Waals surface area contributed by atoms with Gasteiger partial charge in [0.05, 0.1) is 16.7 Å². The van der Waals surface area contributed by atoms with Gasteiger partial charge in [-0.05, 0) is 93.5 Å². The highest BCUT2D eigenvalue weighted by Crippen LogP contribution is 2.46. The van der Waals surface area contributed by atoms with Gasteiger partial charge < -0.3 is 9.47 Å². The van der Waals surface area contributed by atoms with E-state index in [-0.39, 0.29) is 0 Å². The number of rotatable bonds is 8. The first-order chi connectivity index (χ1) is 27.8. The Morgan fingerprint density at radius 3 is 1.48 bits per heavy atom. The van der Waals surface area contributed by atoms with Crippen molar-refractivity contribution in [1.82, 2.24) is 4.57 Å². The number of hydrogen-bond donors (Lipinski definition) is 0. The van der Waals surface area contributed by atoms with Gasteiger partial charge in [0, 0.05) is 33.4 Å². The summed E-state index contributed by atoms with van der Waals surface area (Å²) in [5.74, 6) is 0. The number of nitrogens with zero attached hydrogens (tertiary/aromatic N) is 2. The third-order valence-corrected chi connectivity index (χ3v) is 10.8. The molecule has 0 unspecified atom stereocenters. The molecule has 0 amide bonds. The van der Waals surface area contributed by atoms with E-state index in [0.717, 1.165) is 22.7 Å². The van der Waals surface area contributed by atoms with Gasteiger partial charge in [-0.15, -0.1) is 0 Å². The van der Waals surface area contributed by atoms with Crippen LogP contribution in [-0.2, 0) is 0 Å². The van der Waals surface area contributed by atoms with Crippen LogP contribution in [0.2, 0.25) is 0 Å². The standard InChI is InChI=1S/C54H38N2/c1-4-16-39(17-5-1)41-30-32-42(33-31-41)43-34-36-46(37-35-43)55(47-23-14-20-44(38-47)40-18-6-2-7-19-40)51-27-12-10-24-48(51)49-26-15-29-53-54(49)50-25-11-13-28-52(50)56(53)45-21-8-3-9-22-45/h1-38H. The van der Waals surface area contributed by atoms with E-state index in [1.165, 1.54) is 66.3 Å². The Hall–Kier alpha value is -7.42. The monoisotopic (exact) mass is 714 g/mol. The Morgan fingerprint density at radius 1 is 0.304 bits per heavy atom. The van der Waals surface area contributed by atoms with Gasteiger partial charge in [0.2, 0.25) is 0 Å². The third kappa shape index (κ3) is 6.04. The van der Waals surface area contributed by atoms with E-state index in [4.69, 9.17) is 0 Å². The second kappa shape index (κ2) is 14.4. The largest absolute Gasteiger partial charge is 0.310 e. The van der Waals surface area contributed by atoms with Gasteiger partial charge in [0.15, 0.2) is 0 Å². The van der Waals surface area contributed by atoms with Crippen molar-refractivity contribution < 1.29 is 0 Å². The van der Waals surface area contributed by atoms with Gasteiger partial charge in [-0.25, -0.2) is 0 Å². The zero-order valence-corrected chi connectivity index (χ0v) is 30.8. The maximum atomic E-state index is 2.42. The molecule has 0 bridgehead atoms. The summed E-state index contributed by atoms with van der Waals surface area (Å²) < 4.78 is 2.39. The molecule has 1 heterocycles. The molecule has 264 valence electrons. The van der Waals surface area contributed by atoms with Crippen LogP contribution >= 0.6 is 0 Å². The molecule has 0 aliphatic carbocycles. The fraction of sp³-hybridized carbons (Fsp3) is 0. The van der Waals surface area contributed by atoms with Gasteiger partial charge in [0.1, 0.15) is 0 Å². The average molecular weight is 715 g/mol. The molecule has 0 fully saturated rings. The molecule has 0 spiro atoms. The normalized spacial score (nSPS) is 11.2. The van der Waals surface area contributed by atoms with Crippen LogP contribution in [0.15, 0.2) is 231 Å². The molecule has 10 aromatic rings. The molecule has 0 aliphatic heterocycles. The molecule has 56 heavy (non-hydrogen) atoms. The summed E-state index contributed by atoms with van der Waals surface area (Å²) in [6, 6.07) is 83.0. The van der Waals surface area contributed by atoms with Crippen LogP contribution in [0.1, 0.15) is 0 Å². The second-order valence-electron chi connectivity index (χ2n) is 14.1. The number of anilines is 3. The highest BCUT2D eigenvalue weighted by molar-refractivity contribution is 6.17. The van der Waals surface area contributed by atoms with Crippen LogP contribution in [0.4, 0.5) is 17.1 Å². The molecule has 2 nitrogen and oxygen atoms in total. The SMILES string of the molecule is c1ccc(-c2ccc(-c3ccc(N(c4cccc(-c5ccccc5)c4)c4ccccc4-c4cccc5c4c4ccccc4n5-c4ccccc4)cc3)cc2)cc1. The van der Waals surface area contributed by atoms with Crippen molar-refractivity contribution in [2.75, 3.05) is 4.90 Å². The van der Waals surface area contributed by atoms with E-state index in [1.54, 1.807) is 0 Å². The number of fused-ring (bicyclic) bond motifs is 3. The maximum Gasteiger partial charge on any atom is 0.0547 e. The zero-order valence-electron chi connectivity index (χ0n) is 30.8. The molecule has 0 saturated heterocycles. The first-order valence-electron chi connectivity index (χ1n) is 19.2. The number of aromatic nitrogens is 1.